The van der Waals surface area contributed by atoms with Gasteiger partial charge in [-0.3, -0.25) is 4.79 Å². The third-order valence-corrected chi connectivity index (χ3v) is 3.41. The summed E-state index contributed by atoms with van der Waals surface area (Å²) in [6.45, 7) is -0.241. The molecule has 2 aromatic rings. The second kappa shape index (κ2) is 6.53. The quantitative estimate of drug-likeness (QED) is 0.837. The van der Waals surface area contributed by atoms with E-state index < -0.39 is 11.7 Å². The van der Waals surface area contributed by atoms with Crippen molar-refractivity contribution >= 4 is 34.5 Å². The van der Waals surface area contributed by atoms with Crippen molar-refractivity contribution in [1.82, 2.24) is 0 Å². The number of carbonyl (C=O) groups excluding carboxylic acids is 1. The molecule has 2 rings (SSSR count). The van der Waals surface area contributed by atoms with E-state index in [9.17, 15) is 9.18 Å². The van der Waals surface area contributed by atoms with Crippen LogP contribution in [-0.2, 0) is 0 Å². The molecule has 0 saturated heterocycles. The Labute approximate surface area is 124 Å². The zero-order valence-corrected chi connectivity index (χ0v) is 11.7. The van der Waals surface area contributed by atoms with E-state index in [2.05, 4.69) is 17.2 Å². The summed E-state index contributed by atoms with van der Waals surface area (Å²) in [5.41, 5.74) is 0.445. The van der Waals surface area contributed by atoms with E-state index in [0.29, 0.717) is 10.4 Å². The highest BCUT2D eigenvalue weighted by molar-refractivity contribution is 7.10. The Hall–Kier alpha value is -1.87. The molecule has 2 N–H and O–H groups in total. The second-order valence-corrected chi connectivity index (χ2v) is 5.09. The van der Waals surface area contributed by atoms with Crippen molar-refractivity contribution in [3.8, 4) is 11.8 Å². The summed E-state index contributed by atoms with van der Waals surface area (Å²) in [5.74, 6) is 4.16. The van der Waals surface area contributed by atoms with Crippen molar-refractivity contribution in [3.63, 3.8) is 0 Å². The third-order valence-electron chi connectivity index (χ3n) is 2.33. The first kappa shape index (κ1) is 14.5. The molecule has 0 saturated carbocycles. The van der Waals surface area contributed by atoms with Crippen LogP contribution >= 0.6 is 22.9 Å². The largest absolute Gasteiger partial charge is 0.384 e. The zero-order valence-electron chi connectivity index (χ0n) is 10.1. The summed E-state index contributed by atoms with van der Waals surface area (Å²) in [4.78, 5) is 12.6. The maximum absolute atomic E-state index is 13.6. The van der Waals surface area contributed by atoms with Gasteiger partial charge in [0.05, 0.1) is 16.1 Å². The van der Waals surface area contributed by atoms with Gasteiger partial charge in [-0.25, -0.2) is 4.39 Å². The van der Waals surface area contributed by atoms with Crippen molar-refractivity contribution in [2.75, 3.05) is 11.9 Å². The second-order valence-electron chi connectivity index (χ2n) is 3.74. The lowest BCUT2D eigenvalue weighted by Gasteiger charge is -2.05. The topological polar surface area (TPSA) is 49.3 Å². The van der Waals surface area contributed by atoms with Gasteiger partial charge in [0.1, 0.15) is 12.4 Å². The lowest BCUT2D eigenvalue weighted by molar-refractivity contribution is 0.102. The van der Waals surface area contributed by atoms with Gasteiger partial charge in [-0.15, -0.1) is 11.3 Å². The Balaban J connectivity index is 2.13. The predicted octanol–water partition coefficient (Wildman–Crippen LogP) is 3.14. The van der Waals surface area contributed by atoms with Crippen LogP contribution in [0, 0.1) is 17.7 Å². The average molecular weight is 310 g/mol. The lowest BCUT2D eigenvalue weighted by atomic mass is 10.2. The summed E-state index contributed by atoms with van der Waals surface area (Å²) in [6, 6.07) is 5.60. The molecule has 6 heteroatoms. The van der Waals surface area contributed by atoms with Crippen LogP contribution in [0.15, 0.2) is 29.6 Å². The molecule has 0 aliphatic rings. The number of carbonyl (C=O) groups is 1. The van der Waals surface area contributed by atoms with Gasteiger partial charge in [-0.2, -0.15) is 0 Å². The fourth-order valence-electron chi connectivity index (χ4n) is 1.43. The van der Waals surface area contributed by atoms with E-state index in [-0.39, 0.29) is 17.3 Å². The van der Waals surface area contributed by atoms with Crippen molar-refractivity contribution < 1.29 is 14.3 Å². The number of amides is 1. The van der Waals surface area contributed by atoms with Crippen LogP contribution in [0.1, 0.15) is 15.2 Å². The first-order valence-electron chi connectivity index (χ1n) is 5.55. The van der Waals surface area contributed by atoms with E-state index >= 15 is 0 Å². The Kier molecular flexibility index (Phi) is 4.74. The highest BCUT2D eigenvalue weighted by Gasteiger charge is 2.11. The van der Waals surface area contributed by atoms with Crippen molar-refractivity contribution in [1.29, 1.82) is 0 Å². The molecule has 1 amide bonds. The first-order chi connectivity index (χ1) is 9.60. The van der Waals surface area contributed by atoms with E-state index in [4.69, 9.17) is 16.7 Å². The van der Waals surface area contributed by atoms with E-state index in [1.54, 1.807) is 11.4 Å². The van der Waals surface area contributed by atoms with Crippen LogP contribution in [0.3, 0.4) is 0 Å². The average Bonchev–Trinajstić information content (AvgIpc) is 2.88. The summed E-state index contributed by atoms with van der Waals surface area (Å²) < 4.78 is 13.6. The first-order valence-corrected chi connectivity index (χ1v) is 6.80. The number of anilines is 1. The molecule has 0 radical (unpaired) electrons. The van der Waals surface area contributed by atoms with Crippen LogP contribution in [0.5, 0.6) is 0 Å². The molecule has 102 valence electrons. The monoisotopic (exact) mass is 309 g/mol. The molecule has 3 nitrogen and oxygen atoms in total. The molecular weight excluding hydrogens is 301 g/mol. The number of benzene rings is 1. The Morgan fingerprint density at radius 2 is 2.25 bits per heavy atom. The summed E-state index contributed by atoms with van der Waals surface area (Å²) >= 11 is 6.91. The molecule has 1 heterocycles. The van der Waals surface area contributed by atoms with Gasteiger partial charge >= 0.3 is 0 Å². The van der Waals surface area contributed by atoms with Crippen LogP contribution in [0.4, 0.5) is 10.1 Å². The minimum atomic E-state index is -0.596. The van der Waals surface area contributed by atoms with Gasteiger partial charge in [-0.1, -0.05) is 23.4 Å². The molecule has 0 fully saturated rings. The molecule has 0 aliphatic carbocycles. The fraction of sp³-hybridized carbons (Fsp3) is 0.0714. The Morgan fingerprint density at radius 1 is 1.45 bits per heavy atom. The molecule has 20 heavy (non-hydrogen) atoms. The molecule has 0 aliphatic heterocycles. The fourth-order valence-corrected chi connectivity index (χ4v) is 2.35. The number of hydrogen-bond acceptors (Lipinski definition) is 3. The van der Waals surface area contributed by atoms with Gasteiger partial charge in [0.2, 0.25) is 0 Å². The van der Waals surface area contributed by atoms with Crippen LogP contribution in [-0.4, -0.2) is 17.6 Å². The minimum absolute atomic E-state index is 0.0635. The maximum atomic E-state index is 13.6. The lowest BCUT2D eigenvalue weighted by Crippen LogP contribution is -2.11. The van der Waals surface area contributed by atoms with E-state index in [0.717, 1.165) is 6.07 Å². The predicted molar refractivity (Wildman–Crippen MR) is 77.6 cm³/mol. The summed E-state index contributed by atoms with van der Waals surface area (Å²) in [7, 11) is 0. The number of aliphatic hydroxyl groups excluding tert-OH is 1. The highest BCUT2D eigenvalue weighted by Crippen LogP contribution is 2.20. The van der Waals surface area contributed by atoms with Crippen LogP contribution in [0.25, 0.3) is 0 Å². The van der Waals surface area contributed by atoms with Crippen LogP contribution in [0.2, 0.25) is 5.02 Å². The molecule has 1 aromatic carbocycles. The molecule has 0 unspecified atom stereocenters. The molecule has 0 bridgehead atoms. The van der Waals surface area contributed by atoms with Crippen molar-refractivity contribution in [2.24, 2.45) is 0 Å². The standard InChI is InChI=1S/C14H9ClFNO2S/c15-10-3-4-13(12(16)7-10)17-14(19)9-6-11(20-8-9)2-1-5-18/h3-4,6-8,18H,5H2,(H,17,19). The molecular formula is C14H9ClFNO2S. The third kappa shape index (κ3) is 3.58. The SMILES string of the molecule is O=C(Nc1ccc(Cl)cc1F)c1csc(C#CCO)c1. The Bertz CT molecular complexity index is 703. The normalized spacial score (nSPS) is 9.75. The van der Waals surface area contributed by atoms with Gasteiger partial charge in [-0.05, 0) is 24.3 Å². The zero-order chi connectivity index (χ0) is 14.5. The highest BCUT2D eigenvalue weighted by atomic mass is 35.5. The van der Waals surface area contributed by atoms with Crippen LogP contribution < -0.4 is 5.32 Å². The van der Waals surface area contributed by atoms with E-state index in [1.807, 2.05) is 0 Å². The van der Waals surface area contributed by atoms with Crippen molar-refractivity contribution in [3.05, 3.63) is 50.9 Å². The maximum Gasteiger partial charge on any atom is 0.256 e. The number of rotatable bonds is 2. The van der Waals surface area contributed by atoms with Gasteiger partial charge in [0, 0.05) is 10.4 Å². The number of aliphatic hydroxyl groups is 1. The summed E-state index contributed by atoms with van der Waals surface area (Å²) in [5, 5.41) is 12.9. The van der Waals surface area contributed by atoms with Gasteiger partial charge in [0.25, 0.3) is 5.91 Å². The van der Waals surface area contributed by atoms with Crippen molar-refractivity contribution in [2.45, 2.75) is 0 Å². The van der Waals surface area contributed by atoms with Gasteiger partial charge in [0.15, 0.2) is 0 Å². The molecule has 1 aromatic heterocycles. The number of hydrogen-bond donors (Lipinski definition) is 2. The van der Waals surface area contributed by atoms with E-state index in [1.165, 1.54) is 23.5 Å². The molecule has 0 atom stereocenters. The smallest absolute Gasteiger partial charge is 0.256 e. The number of thiophene rings is 1. The van der Waals surface area contributed by atoms with Gasteiger partial charge < -0.3 is 10.4 Å². The Morgan fingerprint density at radius 3 is 2.95 bits per heavy atom. The molecule has 0 spiro atoms. The summed E-state index contributed by atoms with van der Waals surface area (Å²) in [6.07, 6.45) is 0. The number of nitrogens with one attached hydrogen (secondary N) is 1. The number of halogens is 2. The minimum Gasteiger partial charge on any atom is -0.384 e.